The van der Waals surface area contributed by atoms with Crippen molar-refractivity contribution < 1.29 is 24.5 Å². The Balaban J connectivity index is 3.50. The zero-order valence-corrected chi connectivity index (χ0v) is 41.2. The van der Waals surface area contributed by atoms with Crippen molar-refractivity contribution in [3.63, 3.8) is 0 Å². The van der Waals surface area contributed by atoms with Gasteiger partial charge in [-0.1, -0.05) is 270 Å². The molecule has 0 fully saturated rings. The molecule has 61 heavy (non-hydrogen) atoms. The molecule has 3 N–H and O–H groups in total. The summed E-state index contributed by atoms with van der Waals surface area (Å²) in [5, 5.41) is 23.1. The lowest BCUT2D eigenvalue weighted by atomic mass is 10.0. The highest BCUT2D eigenvalue weighted by atomic mass is 16.5. The smallest absolute Gasteiger partial charge is 0.305 e. The van der Waals surface area contributed by atoms with Crippen molar-refractivity contribution in [3.8, 4) is 0 Å². The Morgan fingerprint density at radius 1 is 0.443 bits per heavy atom. The molecule has 0 aliphatic heterocycles. The molecule has 0 aromatic heterocycles. The summed E-state index contributed by atoms with van der Waals surface area (Å²) in [6, 6.07) is -0.641. The van der Waals surface area contributed by atoms with Gasteiger partial charge in [0.25, 0.3) is 0 Å². The molecule has 6 nitrogen and oxygen atoms in total. The maximum atomic E-state index is 12.5. The number of esters is 1. The van der Waals surface area contributed by atoms with Crippen molar-refractivity contribution in [2.45, 2.75) is 315 Å². The topological polar surface area (TPSA) is 95.9 Å². The van der Waals surface area contributed by atoms with Gasteiger partial charge in [0, 0.05) is 12.8 Å². The van der Waals surface area contributed by atoms with E-state index in [0.717, 1.165) is 57.8 Å². The summed E-state index contributed by atoms with van der Waals surface area (Å²) in [7, 11) is 0. The van der Waals surface area contributed by atoms with Gasteiger partial charge in [-0.05, 0) is 32.1 Å². The van der Waals surface area contributed by atoms with Gasteiger partial charge in [0.1, 0.15) is 0 Å². The Morgan fingerprint density at radius 3 is 1.11 bits per heavy atom. The van der Waals surface area contributed by atoms with Gasteiger partial charge in [0.2, 0.25) is 5.91 Å². The van der Waals surface area contributed by atoms with Crippen LogP contribution in [0.1, 0.15) is 303 Å². The van der Waals surface area contributed by atoms with Crippen LogP contribution in [-0.4, -0.2) is 47.4 Å². The van der Waals surface area contributed by atoms with E-state index in [0.29, 0.717) is 19.4 Å². The fraction of sp³-hybridized carbons (Fsp3) is 0.927. The lowest BCUT2D eigenvalue weighted by molar-refractivity contribution is -0.143. The van der Waals surface area contributed by atoms with E-state index >= 15 is 0 Å². The minimum absolute atomic E-state index is 0.0132. The molecule has 2 unspecified atom stereocenters. The molecule has 362 valence electrons. The summed E-state index contributed by atoms with van der Waals surface area (Å²) in [5.74, 6) is -0.0970. The average Bonchev–Trinajstić information content (AvgIpc) is 3.26. The third-order valence-electron chi connectivity index (χ3n) is 12.8. The van der Waals surface area contributed by atoms with Gasteiger partial charge in [0.15, 0.2) is 0 Å². The second kappa shape index (κ2) is 51.2. The van der Waals surface area contributed by atoms with Crippen molar-refractivity contribution in [2.75, 3.05) is 13.2 Å². The van der Waals surface area contributed by atoms with E-state index in [1.807, 2.05) is 6.08 Å². The molecule has 0 aliphatic rings. The second-order valence-electron chi connectivity index (χ2n) is 18.9. The van der Waals surface area contributed by atoms with Crippen molar-refractivity contribution in [2.24, 2.45) is 0 Å². The van der Waals surface area contributed by atoms with E-state index in [4.69, 9.17) is 4.74 Å². The number of hydrogen-bond acceptors (Lipinski definition) is 5. The van der Waals surface area contributed by atoms with Crippen LogP contribution >= 0.6 is 0 Å². The number of allylic oxidation sites excluding steroid dienone is 1. The Labute approximate surface area is 380 Å². The first-order chi connectivity index (χ1) is 30.0. The van der Waals surface area contributed by atoms with Gasteiger partial charge in [-0.2, -0.15) is 0 Å². The average molecular weight is 862 g/mol. The molecule has 0 aromatic rings. The number of nitrogens with one attached hydrogen (secondary N) is 1. The first kappa shape index (κ1) is 59.6. The largest absolute Gasteiger partial charge is 0.466 e. The van der Waals surface area contributed by atoms with Crippen LogP contribution in [-0.2, 0) is 14.3 Å². The molecule has 0 radical (unpaired) electrons. The van der Waals surface area contributed by atoms with Gasteiger partial charge >= 0.3 is 5.97 Å². The van der Waals surface area contributed by atoms with Crippen LogP contribution in [0.5, 0.6) is 0 Å². The Bertz CT molecular complexity index is 909. The monoisotopic (exact) mass is 862 g/mol. The van der Waals surface area contributed by atoms with Crippen LogP contribution in [0, 0.1) is 0 Å². The highest BCUT2D eigenvalue weighted by molar-refractivity contribution is 5.76. The summed E-state index contributed by atoms with van der Waals surface area (Å²) in [5.41, 5.74) is 0. The van der Waals surface area contributed by atoms with E-state index in [2.05, 4.69) is 19.2 Å². The Kier molecular flexibility index (Phi) is 50.1. The quantitative estimate of drug-likeness (QED) is 0.0322. The van der Waals surface area contributed by atoms with Crippen molar-refractivity contribution >= 4 is 11.9 Å². The molecule has 0 bridgehead atoms. The molecule has 0 heterocycles. The lowest BCUT2D eigenvalue weighted by Gasteiger charge is -2.20. The number of carbonyl (C=O) groups excluding carboxylic acids is 2. The Hall–Kier alpha value is -1.40. The number of aliphatic hydroxyl groups is 2. The van der Waals surface area contributed by atoms with E-state index in [1.165, 1.54) is 218 Å². The van der Waals surface area contributed by atoms with Crippen LogP contribution in [0.4, 0.5) is 0 Å². The molecule has 0 aliphatic carbocycles. The number of amides is 1. The molecule has 0 spiro atoms. The molecule has 0 aromatic carbocycles. The molecule has 0 saturated carbocycles. The zero-order chi connectivity index (χ0) is 44.4. The summed E-state index contributed by atoms with van der Waals surface area (Å²) in [6.45, 7) is 4.88. The summed E-state index contributed by atoms with van der Waals surface area (Å²) in [6.07, 6.45) is 59.3. The molecular formula is C55H107NO5. The summed E-state index contributed by atoms with van der Waals surface area (Å²) < 4.78 is 5.46. The minimum Gasteiger partial charge on any atom is -0.466 e. The van der Waals surface area contributed by atoms with E-state index in [1.54, 1.807) is 6.08 Å². The first-order valence-corrected chi connectivity index (χ1v) is 27.5. The minimum atomic E-state index is -0.856. The first-order valence-electron chi connectivity index (χ1n) is 27.5. The third kappa shape index (κ3) is 47.9. The maximum absolute atomic E-state index is 12.5. The predicted octanol–water partition coefficient (Wildman–Crippen LogP) is 16.5. The highest BCUT2D eigenvalue weighted by Gasteiger charge is 2.18. The normalized spacial score (nSPS) is 12.7. The maximum Gasteiger partial charge on any atom is 0.305 e. The lowest BCUT2D eigenvalue weighted by Crippen LogP contribution is -2.45. The SMILES string of the molecule is CCCCCCCCCCCCCCCCCCCC/C=C/C(O)C(CO)NC(=O)CCCCCCCCCCCCCOC(=O)CCCCCCCCCCCCCCC. The van der Waals surface area contributed by atoms with Gasteiger partial charge in [0.05, 0.1) is 25.4 Å². The number of unbranched alkanes of at least 4 members (excludes halogenated alkanes) is 40. The van der Waals surface area contributed by atoms with Crippen molar-refractivity contribution in [1.29, 1.82) is 0 Å². The number of hydrogen-bond donors (Lipinski definition) is 3. The predicted molar refractivity (Wildman–Crippen MR) is 264 cm³/mol. The van der Waals surface area contributed by atoms with Crippen LogP contribution in [0.25, 0.3) is 0 Å². The summed E-state index contributed by atoms with van der Waals surface area (Å²) >= 11 is 0. The fourth-order valence-corrected chi connectivity index (χ4v) is 8.58. The number of ether oxygens (including phenoxy) is 1. The van der Waals surface area contributed by atoms with Gasteiger partial charge < -0.3 is 20.3 Å². The Morgan fingerprint density at radius 2 is 0.754 bits per heavy atom. The molecule has 1 amide bonds. The molecule has 6 heteroatoms. The third-order valence-corrected chi connectivity index (χ3v) is 12.8. The zero-order valence-electron chi connectivity index (χ0n) is 41.2. The second-order valence-corrected chi connectivity index (χ2v) is 18.9. The molecule has 2 atom stereocenters. The highest BCUT2D eigenvalue weighted by Crippen LogP contribution is 2.17. The van der Waals surface area contributed by atoms with Crippen LogP contribution in [0.2, 0.25) is 0 Å². The van der Waals surface area contributed by atoms with Crippen LogP contribution in [0.3, 0.4) is 0 Å². The van der Waals surface area contributed by atoms with Crippen molar-refractivity contribution in [1.82, 2.24) is 5.32 Å². The van der Waals surface area contributed by atoms with Gasteiger partial charge in [-0.15, -0.1) is 0 Å². The van der Waals surface area contributed by atoms with E-state index in [-0.39, 0.29) is 18.5 Å². The van der Waals surface area contributed by atoms with Crippen molar-refractivity contribution in [3.05, 3.63) is 12.2 Å². The van der Waals surface area contributed by atoms with E-state index in [9.17, 15) is 19.8 Å². The summed E-state index contributed by atoms with van der Waals surface area (Å²) in [4.78, 5) is 24.5. The van der Waals surface area contributed by atoms with Gasteiger partial charge in [-0.25, -0.2) is 0 Å². The van der Waals surface area contributed by atoms with Crippen LogP contribution < -0.4 is 5.32 Å². The molecular weight excluding hydrogens is 755 g/mol. The van der Waals surface area contributed by atoms with Gasteiger partial charge in [-0.3, -0.25) is 9.59 Å². The number of aliphatic hydroxyl groups excluding tert-OH is 2. The standard InChI is InChI=1S/C55H107NO5/c1-3-5-7-9-11-13-15-17-18-19-20-21-22-23-25-27-31-35-39-43-47-53(58)52(51-57)56-54(59)48-44-40-36-32-28-26-30-34-38-42-46-50-61-55(60)49-45-41-37-33-29-24-16-14-12-10-8-6-4-2/h43,47,52-53,57-58H,3-42,44-46,48-51H2,1-2H3,(H,56,59)/b47-43+. The molecule has 0 saturated heterocycles. The van der Waals surface area contributed by atoms with Crippen LogP contribution in [0.15, 0.2) is 12.2 Å². The molecule has 0 rings (SSSR count). The number of rotatable bonds is 51. The number of carbonyl (C=O) groups is 2. The van der Waals surface area contributed by atoms with E-state index < -0.39 is 12.1 Å². The fourth-order valence-electron chi connectivity index (χ4n) is 8.58.